The van der Waals surface area contributed by atoms with Gasteiger partial charge < -0.3 is 15.4 Å². The molecule has 0 bridgehead atoms. The van der Waals surface area contributed by atoms with Gasteiger partial charge in [0.15, 0.2) is 0 Å². The Labute approximate surface area is 206 Å². The van der Waals surface area contributed by atoms with E-state index in [1.165, 1.54) is 11.8 Å². The Morgan fingerprint density at radius 3 is 2.46 bits per heavy atom. The summed E-state index contributed by atoms with van der Waals surface area (Å²) in [6.45, 7) is 4.07. The molecule has 0 aliphatic carbocycles. The molecule has 0 saturated carbocycles. The van der Waals surface area contributed by atoms with Gasteiger partial charge in [0.2, 0.25) is 0 Å². The Bertz CT molecular complexity index is 1450. The first kappa shape index (κ1) is 23.7. The molecule has 3 aromatic carbocycles. The molecule has 1 amide bonds. The van der Waals surface area contributed by atoms with Gasteiger partial charge in [-0.1, -0.05) is 6.07 Å². The van der Waals surface area contributed by atoms with Gasteiger partial charge in [-0.3, -0.25) is 4.79 Å². The number of carbonyl (C=O) groups excluding carboxylic acids is 2. The predicted molar refractivity (Wildman–Crippen MR) is 138 cm³/mol. The number of nitrogens with one attached hydrogen (secondary N) is 2. The van der Waals surface area contributed by atoms with Gasteiger partial charge in [-0.2, -0.15) is 5.26 Å². The topological polar surface area (TPSA) is 104 Å². The highest BCUT2D eigenvalue weighted by molar-refractivity contribution is 7.21. The van der Waals surface area contributed by atoms with Crippen LogP contribution in [0.4, 0.5) is 11.4 Å². The van der Waals surface area contributed by atoms with Crippen LogP contribution in [0, 0.1) is 18.3 Å². The number of carbonyl (C=O) groups is 2. The maximum atomic E-state index is 12.5. The van der Waals surface area contributed by atoms with E-state index in [9.17, 15) is 14.9 Å². The summed E-state index contributed by atoms with van der Waals surface area (Å²) in [6.07, 6.45) is 1.36. The van der Waals surface area contributed by atoms with Crippen molar-refractivity contribution < 1.29 is 14.3 Å². The fourth-order valence-corrected chi connectivity index (χ4v) is 4.34. The van der Waals surface area contributed by atoms with E-state index >= 15 is 0 Å². The predicted octanol–water partition coefficient (Wildman–Crippen LogP) is 5.91. The highest BCUT2D eigenvalue weighted by atomic mass is 32.1. The number of aromatic nitrogens is 1. The molecule has 4 aromatic rings. The van der Waals surface area contributed by atoms with Crippen molar-refractivity contribution in [2.45, 2.75) is 13.8 Å². The molecule has 0 saturated heterocycles. The Morgan fingerprint density at radius 2 is 1.77 bits per heavy atom. The molecule has 1 heterocycles. The zero-order chi connectivity index (χ0) is 24.8. The Morgan fingerprint density at radius 1 is 1.06 bits per heavy atom. The van der Waals surface area contributed by atoms with Gasteiger partial charge in [-0.05, 0) is 80.1 Å². The third kappa shape index (κ3) is 5.72. The summed E-state index contributed by atoms with van der Waals surface area (Å²) in [6, 6.07) is 22.0. The van der Waals surface area contributed by atoms with E-state index in [-0.39, 0.29) is 12.2 Å². The van der Waals surface area contributed by atoms with Gasteiger partial charge in [-0.15, -0.1) is 11.3 Å². The van der Waals surface area contributed by atoms with Crippen LogP contribution in [-0.4, -0.2) is 23.5 Å². The standard InChI is InChI=1S/C27H22N4O3S/c1-3-34-27(33)19-7-11-22(12-8-19)30-25(32)20(15-28)16-29-21-9-5-18(6-10-21)26-31-23-13-4-17(2)14-24(23)35-26/h4-14,16,29H,3H2,1-2H3,(H,30,32)/b20-16-. The average Bonchev–Trinajstić information content (AvgIpc) is 3.28. The van der Waals surface area contributed by atoms with Crippen LogP contribution < -0.4 is 10.6 Å². The lowest BCUT2D eigenvalue weighted by Gasteiger charge is -2.07. The molecule has 1 aromatic heterocycles. The summed E-state index contributed by atoms with van der Waals surface area (Å²) in [5.41, 5.74) is 4.63. The van der Waals surface area contributed by atoms with Gasteiger partial charge in [0, 0.05) is 23.1 Å². The van der Waals surface area contributed by atoms with Crippen molar-refractivity contribution in [2.24, 2.45) is 0 Å². The first-order valence-electron chi connectivity index (χ1n) is 10.9. The third-order valence-electron chi connectivity index (χ3n) is 5.08. The van der Waals surface area contributed by atoms with Gasteiger partial charge in [0.25, 0.3) is 5.91 Å². The van der Waals surface area contributed by atoms with Crippen LogP contribution in [0.2, 0.25) is 0 Å². The van der Waals surface area contributed by atoms with Crippen LogP contribution in [0.5, 0.6) is 0 Å². The summed E-state index contributed by atoms with van der Waals surface area (Å²) in [7, 11) is 0. The smallest absolute Gasteiger partial charge is 0.338 e. The van der Waals surface area contributed by atoms with Crippen molar-refractivity contribution in [3.8, 4) is 16.6 Å². The number of esters is 1. The monoisotopic (exact) mass is 482 g/mol. The fourth-order valence-electron chi connectivity index (χ4n) is 3.27. The number of amides is 1. The summed E-state index contributed by atoms with van der Waals surface area (Å²) in [5, 5.41) is 16.0. The van der Waals surface area contributed by atoms with Crippen LogP contribution in [0.3, 0.4) is 0 Å². The van der Waals surface area contributed by atoms with E-state index in [2.05, 4.69) is 23.6 Å². The number of fused-ring (bicyclic) bond motifs is 1. The normalized spacial score (nSPS) is 11.1. The Balaban J connectivity index is 1.40. The van der Waals surface area contributed by atoms with Crippen LogP contribution in [0.25, 0.3) is 20.8 Å². The summed E-state index contributed by atoms with van der Waals surface area (Å²) in [5.74, 6) is -0.998. The third-order valence-corrected chi connectivity index (χ3v) is 6.15. The zero-order valence-corrected chi connectivity index (χ0v) is 20.0. The van der Waals surface area contributed by atoms with E-state index in [0.717, 1.165) is 26.5 Å². The Hall–Kier alpha value is -4.48. The summed E-state index contributed by atoms with van der Waals surface area (Å²) >= 11 is 1.64. The number of rotatable bonds is 7. The maximum Gasteiger partial charge on any atom is 0.338 e. The highest BCUT2D eigenvalue weighted by Gasteiger charge is 2.11. The minimum absolute atomic E-state index is 0.0925. The molecule has 8 heteroatoms. The number of ether oxygens (including phenoxy) is 1. The van der Waals surface area contributed by atoms with Gasteiger partial charge in [0.05, 0.1) is 22.4 Å². The Kier molecular flexibility index (Phi) is 7.19. The van der Waals surface area contributed by atoms with Crippen LogP contribution in [0.1, 0.15) is 22.8 Å². The molecule has 2 N–H and O–H groups in total. The van der Waals surface area contributed by atoms with Crippen molar-refractivity contribution >= 4 is 44.8 Å². The molecule has 0 unspecified atom stereocenters. The molecule has 0 fully saturated rings. The average molecular weight is 483 g/mol. The van der Waals surface area contributed by atoms with Gasteiger partial charge >= 0.3 is 5.97 Å². The SMILES string of the molecule is CCOC(=O)c1ccc(NC(=O)/C(C#N)=C\Nc2ccc(-c3nc4ccc(C)cc4s3)cc2)cc1. The van der Waals surface area contributed by atoms with E-state index in [0.29, 0.717) is 11.3 Å². The minimum atomic E-state index is -0.565. The van der Waals surface area contributed by atoms with Gasteiger partial charge in [-0.25, -0.2) is 9.78 Å². The first-order chi connectivity index (χ1) is 17.0. The van der Waals surface area contributed by atoms with E-state index in [4.69, 9.17) is 9.72 Å². The van der Waals surface area contributed by atoms with Crippen LogP contribution in [0.15, 0.2) is 78.5 Å². The quantitative estimate of drug-likeness (QED) is 0.193. The summed E-state index contributed by atoms with van der Waals surface area (Å²) in [4.78, 5) is 28.9. The molecule has 0 atom stereocenters. The number of thiazole rings is 1. The molecule has 0 spiro atoms. The number of hydrogen-bond acceptors (Lipinski definition) is 7. The number of anilines is 2. The molecule has 7 nitrogen and oxygen atoms in total. The molecule has 0 radical (unpaired) electrons. The number of benzene rings is 3. The second-order valence-electron chi connectivity index (χ2n) is 7.63. The molecule has 174 valence electrons. The lowest BCUT2D eigenvalue weighted by molar-refractivity contribution is -0.112. The molecule has 4 rings (SSSR count). The molecule has 0 aliphatic rings. The lowest BCUT2D eigenvalue weighted by Crippen LogP contribution is -2.14. The number of aryl methyl sites for hydroxylation is 1. The molecule has 35 heavy (non-hydrogen) atoms. The van der Waals surface area contributed by atoms with E-state index < -0.39 is 11.9 Å². The molecular weight excluding hydrogens is 460 g/mol. The van der Waals surface area contributed by atoms with Crippen molar-refractivity contribution in [1.29, 1.82) is 5.26 Å². The summed E-state index contributed by atoms with van der Waals surface area (Å²) < 4.78 is 6.08. The highest BCUT2D eigenvalue weighted by Crippen LogP contribution is 2.31. The van der Waals surface area contributed by atoms with E-state index in [1.807, 2.05) is 42.5 Å². The van der Waals surface area contributed by atoms with Crippen LogP contribution in [-0.2, 0) is 9.53 Å². The van der Waals surface area contributed by atoms with Crippen molar-refractivity contribution in [2.75, 3.05) is 17.2 Å². The number of hydrogen-bond donors (Lipinski definition) is 2. The van der Waals surface area contributed by atoms with Crippen molar-refractivity contribution in [1.82, 2.24) is 4.98 Å². The maximum absolute atomic E-state index is 12.5. The zero-order valence-electron chi connectivity index (χ0n) is 19.2. The minimum Gasteiger partial charge on any atom is -0.462 e. The second kappa shape index (κ2) is 10.6. The first-order valence-corrected chi connectivity index (χ1v) is 11.7. The fraction of sp³-hybridized carbons (Fsp3) is 0.111. The van der Waals surface area contributed by atoms with Crippen molar-refractivity contribution in [3.63, 3.8) is 0 Å². The van der Waals surface area contributed by atoms with Gasteiger partial charge in [0.1, 0.15) is 16.6 Å². The lowest BCUT2D eigenvalue weighted by atomic mass is 10.2. The second-order valence-corrected chi connectivity index (χ2v) is 8.66. The number of nitrogens with zero attached hydrogens (tertiary/aromatic N) is 2. The number of nitriles is 1. The molecule has 0 aliphatic heterocycles. The van der Waals surface area contributed by atoms with E-state index in [1.54, 1.807) is 42.5 Å². The van der Waals surface area contributed by atoms with Crippen LogP contribution >= 0.6 is 11.3 Å². The van der Waals surface area contributed by atoms with Crippen molar-refractivity contribution in [3.05, 3.63) is 89.6 Å². The molecular formula is C27H22N4O3S. The largest absolute Gasteiger partial charge is 0.462 e.